The van der Waals surface area contributed by atoms with Gasteiger partial charge in [0.1, 0.15) is 11.3 Å². The van der Waals surface area contributed by atoms with Gasteiger partial charge in [0.2, 0.25) is 0 Å². The molecule has 0 saturated carbocycles. The zero-order valence-corrected chi connectivity index (χ0v) is 11.7. The average Bonchev–Trinajstić information content (AvgIpc) is 2.67. The second kappa shape index (κ2) is 5.25. The number of para-hydroxylation sites is 1. The van der Waals surface area contributed by atoms with Crippen LogP contribution in [0, 0.1) is 24.0 Å². The van der Waals surface area contributed by atoms with E-state index in [-0.39, 0.29) is 11.3 Å². The highest BCUT2D eigenvalue weighted by Crippen LogP contribution is 2.28. The number of nitrogen functional groups attached to an aromatic ring is 1. The van der Waals surface area contributed by atoms with Crippen LogP contribution in [0.5, 0.6) is 0 Å². The number of carbonyl (C=O) groups is 1. The van der Waals surface area contributed by atoms with Crippen molar-refractivity contribution in [2.45, 2.75) is 13.8 Å². The summed E-state index contributed by atoms with van der Waals surface area (Å²) < 4.78 is 0. The lowest BCUT2D eigenvalue weighted by Crippen LogP contribution is -2.14. The van der Waals surface area contributed by atoms with E-state index >= 15 is 0 Å². The molecule has 0 fully saturated rings. The van der Waals surface area contributed by atoms with E-state index in [1.165, 1.54) is 29.5 Å². The molecule has 0 radical (unpaired) electrons. The lowest BCUT2D eigenvalue weighted by Gasteiger charge is -2.04. The maximum absolute atomic E-state index is 12.1. The van der Waals surface area contributed by atoms with Crippen molar-refractivity contribution in [3.8, 4) is 0 Å². The Bertz CT molecular complexity index is 677. The molecule has 0 bridgehead atoms. The van der Waals surface area contributed by atoms with Gasteiger partial charge < -0.3 is 5.73 Å². The summed E-state index contributed by atoms with van der Waals surface area (Å²) in [4.78, 5) is 27.6. The van der Waals surface area contributed by atoms with E-state index in [0.29, 0.717) is 5.13 Å². The predicted octanol–water partition coefficient (Wildman–Crippen LogP) is 2.50. The van der Waals surface area contributed by atoms with Crippen LogP contribution in [0.4, 0.5) is 16.5 Å². The van der Waals surface area contributed by atoms with Crippen molar-refractivity contribution in [3.05, 3.63) is 44.4 Å². The Kier molecular flexibility index (Phi) is 3.66. The fourth-order valence-electron chi connectivity index (χ4n) is 1.64. The molecule has 3 N–H and O–H groups in total. The minimum absolute atomic E-state index is 0.0471. The Morgan fingerprint density at radius 3 is 2.70 bits per heavy atom. The summed E-state index contributed by atoms with van der Waals surface area (Å²) in [6, 6.07) is 4.24. The molecule has 0 aliphatic rings. The molecule has 2 aromatic rings. The molecule has 1 amide bonds. The largest absolute Gasteiger partial charge is 0.393 e. The lowest BCUT2D eigenvalue weighted by atomic mass is 10.1. The number of nitrogens with one attached hydrogen (secondary N) is 1. The van der Waals surface area contributed by atoms with Crippen molar-refractivity contribution in [1.82, 2.24) is 4.98 Å². The van der Waals surface area contributed by atoms with Gasteiger partial charge in [-0.1, -0.05) is 6.07 Å². The standard InChI is InChI=1S/C12H12N4O3S/c1-6-7(2)20-12(14-6)15-11(17)8-4-3-5-9(13)10(8)16(18)19/h3-5H,13H2,1-2H3,(H,14,15,17). The fraction of sp³-hybridized carbons (Fsp3) is 0.167. The predicted molar refractivity (Wildman–Crippen MR) is 77.1 cm³/mol. The number of aromatic nitrogens is 1. The van der Waals surface area contributed by atoms with E-state index < -0.39 is 16.5 Å². The molecule has 0 aliphatic carbocycles. The van der Waals surface area contributed by atoms with Crippen LogP contribution in [-0.4, -0.2) is 15.8 Å². The molecule has 0 unspecified atom stereocenters. The number of nitrogens with zero attached hydrogens (tertiary/aromatic N) is 2. The molecule has 7 nitrogen and oxygen atoms in total. The number of carbonyl (C=O) groups excluding carboxylic acids is 1. The molecule has 0 saturated heterocycles. The number of thiazole rings is 1. The third-order valence-electron chi connectivity index (χ3n) is 2.74. The molecule has 0 aliphatic heterocycles. The van der Waals surface area contributed by atoms with E-state index in [1.54, 1.807) is 0 Å². The van der Waals surface area contributed by atoms with Gasteiger partial charge in [-0.05, 0) is 26.0 Å². The second-order valence-corrected chi connectivity index (χ2v) is 5.32. The topological polar surface area (TPSA) is 111 Å². The SMILES string of the molecule is Cc1nc(NC(=O)c2cccc(N)c2[N+](=O)[O-])sc1C. The molecule has 0 atom stereocenters. The maximum atomic E-state index is 12.1. The van der Waals surface area contributed by atoms with Crippen LogP contribution in [0.25, 0.3) is 0 Å². The van der Waals surface area contributed by atoms with Gasteiger partial charge in [-0.2, -0.15) is 0 Å². The minimum atomic E-state index is -0.664. The Morgan fingerprint density at radius 1 is 1.45 bits per heavy atom. The monoisotopic (exact) mass is 292 g/mol. The first-order chi connectivity index (χ1) is 9.40. The summed E-state index contributed by atoms with van der Waals surface area (Å²) in [5.41, 5.74) is 5.84. The molecule has 104 valence electrons. The van der Waals surface area contributed by atoms with Crippen LogP contribution in [0.3, 0.4) is 0 Å². The lowest BCUT2D eigenvalue weighted by molar-refractivity contribution is -0.384. The van der Waals surface area contributed by atoms with E-state index in [1.807, 2.05) is 13.8 Å². The number of amides is 1. The quantitative estimate of drug-likeness (QED) is 0.513. The van der Waals surface area contributed by atoms with Crippen LogP contribution < -0.4 is 11.1 Å². The van der Waals surface area contributed by atoms with Crippen molar-refractivity contribution in [3.63, 3.8) is 0 Å². The third kappa shape index (κ3) is 2.59. The van der Waals surface area contributed by atoms with Gasteiger partial charge in [-0.15, -0.1) is 11.3 Å². The van der Waals surface area contributed by atoms with Gasteiger partial charge in [0, 0.05) is 4.88 Å². The molecule has 0 spiro atoms. The van der Waals surface area contributed by atoms with Crippen molar-refractivity contribution >= 4 is 33.8 Å². The number of anilines is 2. The molecule has 1 aromatic carbocycles. The van der Waals surface area contributed by atoms with E-state index in [0.717, 1.165) is 10.6 Å². The normalized spacial score (nSPS) is 10.3. The van der Waals surface area contributed by atoms with Crippen molar-refractivity contribution < 1.29 is 9.72 Å². The maximum Gasteiger partial charge on any atom is 0.304 e. The summed E-state index contributed by atoms with van der Waals surface area (Å²) >= 11 is 1.31. The molecular formula is C12H12N4O3S. The number of nitro groups is 1. The third-order valence-corrected chi connectivity index (χ3v) is 3.73. The van der Waals surface area contributed by atoms with Gasteiger partial charge in [0.25, 0.3) is 5.91 Å². The Morgan fingerprint density at radius 2 is 2.15 bits per heavy atom. The fourth-order valence-corrected chi connectivity index (χ4v) is 2.45. The van der Waals surface area contributed by atoms with Gasteiger partial charge in [-0.25, -0.2) is 4.98 Å². The first-order valence-corrected chi connectivity index (χ1v) is 6.50. The Labute approximate surface area is 118 Å². The first kappa shape index (κ1) is 13.9. The molecule has 1 heterocycles. The Hall–Kier alpha value is -2.48. The summed E-state index contributed by atoms with van der Waals surface area (Å²) in [5.74, 6) is -0.599. The summed E-state index contributed by atoms with van der Waals surface area (Å²) in [6.07, 6.45) is 0. The minimum Gasteiger partial charge on any atom is -0.393 e. The number of aryl methyl sites for hydroxylation is 2. The first-order valence-electron chi connectivity index (χ1n) is 5.68. The summed E-state index contributed by atoms with van der Waals surface area (Å²) in [6.45, 7) is 3.70. The van der Waals surface area contributed by atoms with Gasteiger partial charge in [0.05, 0.1) is 10.6 Å². The number of nitro benzene ring substituents is 1. The zero-order chi connectivity index (χ0) is 14.9. The van der Waals surface area contributed by atoms with Crippen LogP contribution in [0.1, 0.15) is 20.9 Å². The summed E-state index contributed by atoms with van der Waals surface area (Å²) in [7, 11) is 0. The molecule has 2 rings (SSSR count). The number of hydrogen-bond acceptors (Lipinski definition) is 6. The smallest absolute Gasteiger partial charge is 0.304 e. The van der Waals surface area contributed by atoms with E-state index in [2.05, 4.69) is 10.3 Å². The number of benzene rings is 1. The zero-order valence-electron chi connectivity index (χ0n) is 10.8. The van der Waals surface area contributed by atoms with Crippen molar-refractivity contribution in [1.29, 1.82) is 0 Å². The highest BCUT2D eigenvalue weighted by Gasteiger charge is 2.23. The van der Waals surface area contributed by atoms with Crippen LogP contribution >= 0.6 is 11.3 Å². The molecule has 20 heavy (non-hydrogen) atoms. The molecule has 8 heteroatoms. The van der Waals surface area contributed by atoms with Crippen LogP contribution in [0.2, 0.25) is 0 Å². The van der Waals surface area contributed by atoms with E-state index in [9.17, 15) is 14.9 Å². The van der Waals surface area contributed by atoms with E-state index in [4.69, 9.17) is 5.73 Å². The average molecular weight is 292 g/mol. The second-order valence-electron chi connectivity index (χ2n) is 4.12. The van der Waals surface area contributed by atoms with Crippen LogP contribution in [-0.2, 0) is 0 Å². The van der Waals surface area contributed by atoms with Crippen molar-refractivity contribution in [2.24, 2.45) is 0 Å². The van der Waals surface area contributed by atoms with Gasteiger partial charge in [-0.3, -0.25) is 20.2 Å². The van der Waals surface area contributed by atoms with Crippen molar-refractivity contribution in [2.75, 3.05) is 11.1 Å². The van der Waals surface area contributed by atoms with Crippen LogP contribution in [0.15, 0.2) is 18.2 Å². The number of hydrogen-bond donors (Lipinski definition) is 2. The molecular weight excluding hydrogens is 280 g/mol. The van der Waals surface area contributed by atoms with Gasteiger partial charge >= 0.3 is 5.69 Å². The number of nitrogens with two attached hydrogens (primary N) is 1. The number of rotatable bonds is 3. The highest BCUT2D eigenvalue weighted by atomic mass is 32.1. The Balaban J connectivity index is 2.34. The highest BCUT2D eigenvalue weighted by molar-refractivity contribution is 7.15. The van der Waals surface area contributed by atoms with Gasteiger partial charge in [0.15, 0.2) is 5.13 Å². The summed E-state index contributed by atoms with van der Waals surface area (Å²) in [5, 5.41) is 13.9. The molecule has 1 aromatic heterocycles.